The fraction of sp³-hybridized carbons (Fsp3) is 0.250. The normalized spacial score (nSPS) is 10.5. The smallest absolute Gasteiger partial charge is 0.139 e. The Morgan fingerprint density at radius 2 is 2.18 bits per heavy atom. The van der Waals surface area contributed by atoms with Gasteiger partial charge in [0.25, 0.3) is 0 Å². The van der Waals surface area contributed by atoms with Crippen LogP contribution in [0.1, 0.15) is 9.75 Å². The molecule has 0 atom stereocenters. The number of aromatic nitrogens is 1. The first-order valence-electron chi connectivity index (χ1n) is 5.23. The molecule has 3 nitrogen and oxygen atoms in total. The van der Waals surface area contributed by atoms with Gasteiger partial charge in [0.1, 0.15) is 12.4 Å². The molecule has 0 bridgehead atoms. The van der Waals surface area contributed by atoms with Gasteiger partial charge < -0.3 is 10.1 Å². The predicted octanol–water partition coefficient (Wildman–Crippen LogP) is 3.20. The van der Waals surface area contributed by atoms with Gasteiger partial charge in [-0.05, 0) is 41.2 Å². The Bertz CT molecular complexity index is 487. The van der Waals surface area contributed by atoms with E-state index in [0.717, 1.165) is 16.8 Å². The molecule has 0 saturated carbocycles. The van der Waals surface area contributed by atoms with E-state index < -0.39 is 0 Å². The van der Waals surface area contributed by atoms with Crippen molar-refractivity contribution in [3.8, 4) is 5.75 Å². The van der Waals surface area contributed by atoms with Gasteiger partial charge in [-0.1, -0.05) is 0 Å². The van der Waals surface area contributed by atoms with Crippen molar-refractivity contribution in [3.63, 3.8) is 0 Å². The van der Waals surface area contributed by atoms with Crippen molar-refractivity contribution >= 4 is 27.3 Å². The Morgan fingerprint density at radius 3 is 2.94 bits per heavy atom. The molecule has 0 aromatic carbocycles. The van der Waals surface area contributed by atoms with E-state index in [0.29, 0.717) is 6.61 Å². The molecule has 2 aromatic rings. The zero-order valence-electron chi connectivity index (χ0n) is 9.44. The Kier molecular flexibility index (Phi) is 4.53. The Labute approximate surface area is 113 Å². The van der Waals surface area contributed by atoms with Crippen LogP contribution in [0.4, 0.5) is 0 Å². The summed E-state index contributed by atoms with van der Waals surface area (Å²) in [5.41, 5.74) is 0. The highest BCUT2D eigenvalue weighted by molar-refractivity contribution is 9.10. The zero-order chi connectivity index (χ0) is 12.1. The third-order valence-corrected chi connectivity index (χ3v) is 3.62. The number of rotatable bonds is 5. The minimum absolute atomic E-state index is 0.590. The zero-order valence-corrected chi connectivity index (χ0v) is 11.8. The SMILES string of the molecule is CNCc1ccc(COc2cncc(Br)c2)s1. The number of ether oxygens (including phenoxy) is 1. The van der Waals surface area contributed by atoms with Gasteiger partial charge in [0.05, 0.1) is 6.20 Å². The van der Waals surface area contributed by atoms with Gasteiger partial charge in [0, 0.05) is 27.0 Å². The lowest BCUT2D eigenvalue weighted by molar-refractivity contribution is 0.308. The molecule has 0 amide bonds. The summed E-state index contributed by atoms with van der Waals surface area (Å²) < 4.78 is 6.59. The quantitative estimate of drug-likeness (QED) is 0.920. The highest BCUT2D eigenvalue weighted by Crippen LogP contribution is 2.20. The number of pyridine rings is 1. The number of thiophene rings is 1. The van der Waals surface area contributed by atoms with Crippen LogP contribution in [-0.2, 0) is 13.2 Å². The highest BCUT2D eigenvalue weighted by atomic mass is 79.9. The first kappa shape index (κ1) is 12.5. The van der Waals surface area contributed by atoms with Gasteiger partial charge >= 0.3 is 0 Å². The van der Waals surface area contributed by atoms with Gasteiger partial charge in [-0.3, -0.25) is 4.98 Å². The summed E-state index contributed by atoms with van der Waals surface area (Å²) >= 11 is 5.13. The number of nitrogens with one attached hydrogen (secondary N) is 1. The number of hydrogen-bond acceptors (Lipinski definition) is 4. The summed E-state index contributed by atoms with van der Waals surface area (Å²) in [6, 6.07) is 6.14. The van der Waals surface area contributed by atoms with Crippen LogP contribution in [0.3, 0.4) is 0 Å². The molecule has 0 aliphatic carbocycles. The van der Waals surface area contributed by atoms with Crippen LogP contribution in [0.5, 0.6) is 5.75 Å². The van der Waals surface area contributed by atoms with Gasteiger partial charge in [-0.15, -0.1) is 11.3 Å². The molecule has 0 aliphatic rings. The van der Waals surface area contributed by atoms with Crippen LogP contribution in [0.25, 0.3) is 0 Å². The molecule has 1 N–H and O–H groups in total. The summed E-state index contributed by atoms with van der Waals surface area (Å²) in [5, 5.41) is 3.13. The molecule has 0 unspecified atom stereocenters. The molecule has 0 saturated heterocycles. The summed E-state index contributed by atoms with van der Waals surface area (Å²) in [4.78, 5) is 6.59. The fourth-order valence-electron chi connectivity index (χ4n) is 1.39. The van der Waals surface area contributed by atoms with Crippen molar-refractivity contribution in [3.05, 3.63) is 44.8 Å². The van der Waals surface area contributed by atoms with Gasteiger partial charge in [-0.25, -0.2) is 0 Å². The molecule has 0 fully saturated rings. The average molecular weight is 313 g/mol. The standard InChI is InChI=1S/C12H13BrN2OS/c1-14-7-11-2-3-12(17-11)8-16-10-4-9(13)5-15-6-10/h2-6,14H,7-8H2,1H3. The lowest BCUT2D eigenvalue weighted by Gasteiger charge is -2.03. The molecule has 17 heavy (non-hydrogen) atoms. The molecular formula is C12H13BrN2OS. The summed E-state index contributed by atoms with van der Waals surface area (Å²) in [6.45, 7) is 1.50. The summed E-state index contributed by atoms with van der Waals surface area (Å²) in [6.07, 6.45) is 3.45. The van der Waals surface area contributed by atoms with Crippen molar-refractivity contribution in [1.82, 2.24) is 10.3 Å². The minimum atomic E-state index is 0.590. The van der Waals surface area contributed by atoms with E-state index in [1.165, 1.54) is 9.75 Å². The van der Waals surface area contributed by atoms with Crippen LogP contribution in [0, 0.1) is 0 Å². The second-order valence-corrected chi connectivity index (χ2v) is 5.69. The van der Waals surface area contributed by atoms with E-state index in [1.54, 1.807) is 23.7 Å². The van der Waals surface area contributed by atoms with E-state index in [-0.39, 0.29) is 0 Å². The van der Waals surface area contributed by atoms with E-state index >= 15 is 0 Å². The van der Waals surface area contributed by atoms with E-state index in [2.05, 4.69) is 38.4 Å². The predicted molar refractivity (Wildman–Crippen MR) is 73.4 cm³/mol. The number of hydrogen-bond donors (Lipinski definition) is 1. The molecule has 0 aliphatic heterocycles. The van der Waals surface area contributed by atoms with Crippen LogP contribution in [0.2, 0.25) is 0 Å². The van der Waals surface area contributed by atoms with Gasteiger partial charge in [0.15, 0.2) is 0 Å². The summed E-state index contributed by atoms with van der Waals surface area (Å²) in [7, 11) is 1.95. The second kappa shape index (κ2) is 6.14. The van der Waals surface area contributed by atoms with Gasteiger partial charge in [0.2, 0.25) is 0 Å². The van der Waals surface area contributed by atoms with Crippen molar-refractivity contribution < 1.29 is 4.74 Å². The van der Waals surface area contributed by atoms with E-state index in [4.69, 9.17) is 4.74 Å². The van der Waals surface area contributed by atoms with Gasteiger partial charge in [-0.2, -0.15) is 0 Å². The Hall–Kier alpha value is -0.910. The molecule has 2 heterocycles. The van der Waals surface area contributed by atoms with Crippen LogP contribution in [0.15, 0.2) is 35.1 Å². The van der Waals surface area contributed by atoms with Crippen molar-refractivity contribution in [2.24, 2.45) is 0 Å². The summed E-state index contributed by atoms with van der Waals surface area (Å²) in [5.74, 6) is 0.781. The molecule has 2 rings (SSSR count). The first-order chi connectivity index (χ1) is 8.28. The van der Waals surface area contributed by atoms with Crippen LogP contribution in [-0.4, -0.2) is 12.0 Å². The maximum absolute atomic E-state index is 5.66. The second-order valence-electron chi connectivity index (χ2n) is 3.53. The highest BCUT2D eigenvalue weighted by Gasteiger charge is 2.01. The molecule has 2 aromatic heterocycles. The van der Waals surface area contributed by atoms with Crippen LogP contribution >= 0.6 is 27.3 Å². The lowest BCUT2D eigenvalue weighted by atomic mass is 10.4. The monoisotopic (exact) mass is 312 g/mol. The van der Waals surface area contributed by atoms with Crippen molar-refractivity contribution in [2.45, 2.75) is 13.2 Å². The van der Waals surface area contributed by atoms with E-state index in [9.17, 15) is 0 Å². The molecule has 0 spiro atoms. The first-order valence-corrected chi connectivity index (χ1v) is 6.84. The minimum Gasteiger partial charge on any atom is -0.486 e. The fourth-order valence-corrected chi connectivity index (χ4v) is 2.68. The van der Waals surface area contributed by atoms with Crippen molar-refractivity contribution in [2.75, 3.05) is 7.05 Å². The number of nitrogens with zero attached hydrogens (tertiary/aromatic N) is 1. The van der Waals surface area contributed by atoms with E-state index in [1.807, 2.05) is 13.1 Å². The topological polar surface area (TPSA) is 34.1 Å². The van der Waals surface area contributed by atoms with Crippen LogP contribution < -0.4 is 10.1 Å². The maximum atomic E-state index is 5.66. The number of halogens is 1. The third kappa shape index (κ3) is 3.80. The molecule has 5 heteroatoms. The average Bonchev–Trinajstić information content (AvgIpc) is 2.75. The maximum Gasteiger partial charge on any atom is 0.139 e. The lowest BCUT2D eigenvalue weighted by Crippen LogP contribution is -2.02. The largest absolute Gasteiger partial charge is 0.486 e. The third-order valence-electron chi connectivity index (χ3n) is 2.13. The Morgan fingerprint density at radius 1 is 1.35 bits per heavy atom. The molecule has 90 valence electrons. The Balaban J connectivity index is 1.93. The van der Waals surface area contributed by atoms with Crippen molar-refractivity contribution in [1.29, 1.82) is 0 Å². The molecule has 0 radical (unpaired) electrons. The molecular weight excluding hydrogens is 300 g/mol.